The van der Waals surface area contributed by atoms with E-state index in [2.05, 4.69) is 30.1 Å². The lowest BCUT2D eigenvalue weighted by Gasteiger charge is -1.95. The zero-order valence-electron chi connectivity index (χ0n) is 7.46. The second-order valence-electron chi connectivity index (χ2n) is 3.05. The Bertz CT molecular complexity index is 474. The molecule has 1 heterocycles. The van der Waals surface area contributed by atoms with Crippen molar-refractivity contribution in [3.05, 3.63) is 35.5 Å². The number of benzene rings is 1. The Kier molecular flexibility index (Phi) is 1.79. The highest BCUT2D eigenvalue weighted by molar-refractivity contribution is 5.86. The van der Waals surface area contributed by atoms with Gasteiger partial charge in [-0.25, -0.2) is 0 Å². The summed E-state index contributed by atoms with van der Waals surface area (Å²) >= 11 is 0. The van der Waals surface area contributed by atoms with E-state index in [9.17, 15) is 0 Å². The molecule has 2 rings (SSSR count). The van der Waals surface area contributed by atoms with Crippen LogP contribution >= 0.6 is 0 Å². The highest BCUT2D eigenvalue weighted by atomic mass is 14.7. The first kappa shape index (κ1) is 7.88. The molecule has 2 aromatic rings. The van der Waals surface area contributed by atoms with Gasteiger partial charge < -0.3 is 4.98 Å². The van der Waals surface area contributed by atoms with Gasteiger partial charge in [-0.1, -0.05) is 13.0 Å². The number of nitrogens with one attached hydrogen (secondary N) is 1. The summed E-state index contributed by atoms with van der Waals surface area (Å²) in [6.07, 6.45) is 2.76. The Balaban J connectivity index is 2.73. The Labute approximate surface area is 76.8 Å². The quantitative estimate of drug-likeness (QED) is 0.702. The highest BCUT2D eigenvalue weighted by Crippen LogP contribution is 2.19. The summed E-state index contributed by atoms with van der Waals surface area (Å²) in [6, 6.07) is 8.35. The van der Waals surface area contributed by atoms with Gasteiger partial charge in [0.25, 0.3) is 0 Å². The summed E-state index contributed by atoms with van der Waals surface area (Å²) < 4.78 is 0. The van der Waals surface area contributed by atoms with Crippen molar-refractivity contribution in [2.45, 2.75) is 13.3 Å². The van der Waals surface area contributed by atoms with Crippen LogP contribution in [0.2, 0.25) is 0 Å². The number of hydrogen-bond donors (Lipinski definition) is 1. The van der Waals surface area contributed by atoms with Crippen LogP contribution in [-0.4, -0.2) is 4.98 Å². The van der Waals surface area contributed by atoms with Crippen LogP contribution in [0.15, 0.2) is 24.4 Å². The molecule has 0 amide bonds. The third kappa shape index (κ3) is 1.19. The molecular weight excluding hydrogens is 160 g/mol. The number of hydrogen-bond acceptors (Lipinski definition) is 1. The molecule has 0 fully saturated rings. The molecule has 0 spiro atoms. The van der Waals surface area contributed by atoms with Crippen molar-refractivity contribution in [1.82, 2.24) is 4.98 Å². The van der Waals surface area contributed by atoms with E-state index in [0.29, 0.717) is 0 Å². The first-order valence-electron chi connectivity index (χ1n) is 4.35. The summed E-state index contributed by atoms with van der Waals surface area (Å²) in [4.78, 5) is 3.07. The van der Waals surface area contributed by atoms with Crippen molar-refractivity contribution in [1.29, 1.82) is 5.26 Å². The highest BCUT2D eigenvalue weighted by Gasteiger charge is 2.02. The van der Waals surface area contributed by atoms with Crippen LogP contribution in [0.4, 0.5) is 0 Å². The van der Waals surface area contributed by atoms with Gasteiger partial charge in [-0.05, 0) is 24.1 Å². The fourth-order valence-corrected chi connectivity index (χ4v) is 1.48. The molecule has 1 N–H and O–H groups in total. The first-order valence-corrected chi connectivity index (χ1v) is 4.35. The van der Waals surface area contributed by atoms with Crippen molar-refractivity contribution in [2.24, 2.45) is 0 Å². The molecule has 1 aromatic heterocycles. The standard InChI is InChI=1S/C11H10N2/c1-2-8-3-4-11-10(5-8)9(6-12)7-13-11/h3-5,7,13H,2H2,1H3. The van der Waals surface area contributed by atoms with E-state index in [1.54, 1.807) is 6.20 Å². The third-order valence-corrected chi connectivity index (χ3v) is 2.27. The third-order valence-electron chi connectivity index (χ3n) is 2.27. The van der Waals surface area contributed by atoms with E-state index in [0.717, 1.165) is 22.9 Å². The van der Waals surface area contributed by atoms with E-state index in [1.807, 2.05) is 6.07 Å². The Morgan fingerprint density at radius 3 is 3.00 bits per heavy atom. The van der Waals surface area contributed by atoms with Crippen LogP contribution in [0.5, 0.6) is 0 Å². The SMILES string of the molecule is CCc1ccc2[nH]cc(C#N)c2c1. The van der Waals surface area contributed by atoms with Crippen LogP contribution in [0.25, 0.3) is 10.9 Å². The fourth-order valence-electron chi connectivity index (χ4n) is 1.48. The molecule has 64 valence electrons. The maximum Gasteiger partial charge on any atom is 0.101 e. The van der Waals surface area contributed by atoms with Crippen molar-refractivity contribution >= 4 is 10.9 Å². The lowest BCUT2D eigenvalue weighted by atomic mass is 10.1. The van der Waals surface area contributed by atoms with E-state index in [4.69, 9.17) is 5.26 Å². The number of aryl methyl sites for hydroxylation is 1. The summed E-state index contributed by atoms with van der Waals surface area (Å²) in [5.41, 5.74) is 3.03. The molecule has 0 aliphatic rings. The second kappa shape index (κ2) is 2.95. The summed E-state index contributed by atoms with van der Waals surface area (Å²) in [7, 11) is 0. The maximum atomic E-state index is 8.82. The van der Waals surface area contributed by atoms with Crippen molar-refractivity contribution < 1.29 is 0 Å². The van der Waals surface area contributed by atoms with Crippen LogP contribution in [0.3, 0.4) is 0 Å². The van der Waals surface area contributed by atoms with Crippen LogP contribution in [-0.2, 0) is 6.42 Å². The van der Waals surface area contributed by atoms with Gasteiger partial charge in [-0.2, -0.15) is 5.26 Å². The van der Waals surface area contributed by atoms with Gasteiger partial charge in [-0.3, -0.25) is 0 Å². The molecule has 0 bridgehead atoms. The molecule has 0 atom stereocenters. The summed E-state index contributed by atoms with van der Waals surface area (Å²) in [5.74, 6) is 0. The molecule has 0 aliphatic carbocycles. The molecule has 0 saturated carbocycles. The monoisotopic (exact) mass is 170 g/mol. The van der Waals surface area contributed by atoms with Gasteiger partial charge in [0, 0.05) is 17.1 Å². The Hall–Kier alpha value is -1.75. The minimum absolute atomic E-state index is 0.727. The minimum Gasteiger partial charge on any atom is -0.360 e. The number of fused-ring (bicyclic) bond motifs is 1. The largest absolute Gasteiger partial charge is 0.360 e. The van der Waals surface area contributed by atoms with Gasteiger partial charge in [0.2, 0.25) is 0 Å². The lowest BCUT2D eigenvalue weighted by molar-refractivity contribution is 1.15. The van der Waals surface area contributed by atoms with Crippen LogP contribution in [0, 0.1) is 11.3 Å². The van der Waals surface area contributed by atoms with Crippen molar-refractivity contribution in [3.8, 4) is 6.07 Å². The minimum atomic E-state index is 0.727. The molecule has 0 radical (unpaired) electrons. The van der Waals surface area contributed by atoms with E-state index in [1.165, 1.54) is 5.56 Å². The molecular formula is C11H10N2. The lowest BCUT2D eigenvalue weighted by Crippen LogP contribution is -1.79. The first-order chi connectivity index (χ1) is 6.35. The zero-order valence-corrected chi connectivity index (χ0v) is 7.46. The van der Waals surface area contributed by atoms with E-state index >= 15 is 0 Å². The summed E-state index contributed by atoms with van der Waals surface area (Å²) in [6.45, 7) is 2.11. The molecule has 2 heteroatoms. The Morgan fingerprint density at radius 1 is 1.46 bits per heavy atom. The number of nitrogens with zero attached hydrogens (tertiary/aromatic N) is 1. The average Bonchev–Trinajstić information content (AvgIpc) is 2.59. The van der Waals surface area contributed by atoms with Gasteiger partial charge in [-0.15, -0.1) is 0 Å². The van der Waals surface area contributed by atoms with Crippen molar-refractivity contribution in [2.75, 3.05) is 0 Å². The van der Waals surface area contributed by atoms with Gasteiger partial charge in [0.1, 0.15) is 6.07 Å². The number of nitriles is 1. The number of aromatic amines is 1. The fraction of sp³-hybridized carbons (Fsp3) is 0.182. The molecule has 0 unspecified atom stereocenters. The second-order valence-corrected chi connectivity index (χ2v) is 3.05. The number of H-pyrrole nitrogens is 1. The number of aromatic nitrogens is 1. The smallest absolute Gasteiger partial charge is 0.101 e. The molecule has 2 nitrogen and oxygen atoms in total. The van der Waals surface area contributed by atoms with Crippen LogP contribution < -0.4 is 0 Å². The van der Waals surface area contributed by atoms with Gasteiger partial charge in [0.05, 0.1) is 5.56 Å². The normalized spacial score (nSPS) is 10.2. The van der Waals surface area contributed by atoms with Crippen LogP contribution in [0.1, 0.15) is 18.1 Å². The van der Waals surface area contributed by atoms with Crippen molar-refractivity contribution in [3.63, 3.8) is 0 Å². The topological polar surface area (TPSA) is 39.6 Å². The predicted octanol–water partition coefficient (Wildman–Crippen LogP) is 2.60. The molecule has 0 saturated heterocycles. The molecule has 13 heavy (non-hydrogen) atoms. The maximum absolute atomic E-state index is 8.82. The zero-order chi connectivity index (χ0) is 9.26. The van der Waals surface area contributed by atoms with E-state index < -0.39 is 0 Å². The van der Waals surface area contributed by atoms with Gasteiger partial charge in [0.15, 0.2) is 0 Å². The van der Waals surface area contributed by atoms with E-state index in [-0.39, 0.29) is 0 Å². The summed E-state index contributed by atoms with van der Waals surface area (Å²) in [5, 5.41) is 9.85. The average molecular weight is 170 g/mol. The Morgan fingerprint density at radius 2 is 2.31 bits per heavy atom. The van der Waals surface area contributed by atoms with Gasteiger partial charge >= 0.3 is 0 Å². The molecule has 0 aliphatic heterocycles. The number of rotatable bonds is 1. The predicted molar refractivity (Wildman–Crippen MR) is 52.4 cm³/mol. The molecule has 1 aromatic carbocycles.